The second-order valence-corrected chi connectivity index (χ2v) is 7.76. The first-order chi connectivity index (χ1) is 11.1. The molecule has 0 aliphatic heterocycles. The standard InChI is InChI=1S/C21H32O3/c1-8-11-20(4,5)16-13-15(24-18(22)10-3)14-17(19(16)23)21(6,7)12-9-2/h10,13-14,23H,3,8-9,11-12H2,1-2,4-7H3. The Labute approximate surface area is 146 Å². The van der Waals surface area contributed by atoms with Crippen LogP contribution in [0.25, 0.3) is 0 Å². The molecule has 0 unspecified atom stereocenters. The third-order valence-corrected chi connectivity index (χ3v) is 4.68. The number of hydrogen-bond donors (Lipinski definition) is 1. The largest absolute Gasteiger partial charge is 0.507 e. The molecule has 0 aromatic heterocycles. The summed E-state index contributed by atoms with van der Waals surface area (Å²) in [7, 11) is 0. The normalized spacial score (nSPS) is 12.1. The lowest BCUT2D eigenvalue weighted by Crippen LogP contribution is -2.22. The van der Waals surface area contributed by atoms with Crippen molar-refractivity contribution in [2.24, 2.45) is 0 Å². The lowest BCUT2D eigenvalue weighted by atomic mass is 9.74. The van der Waals surface area contributed by atoms with Crippen LogP contribution in [-0.2, 0) is 15.6 Å². The molecule has 3 nitrogen and oxygen atoms in total. The molecule has 0 spiro atoms. The molecule has 0 amide bonds. The molecule has 0 saturated carbocycles. The topological polar surface area (TPSA) is 46.5 Å². The molecule has 1 aromatic carbocycles. The summed E-state index contributed by atoms with van der Waals surface area (Å²) < 4.78 is 5.38. The van der Waals surface area contributed by atoms with E-state index in [0.29, 0.717) is 11.5 Å². The van der Waals surface area contributed by atoms with Gasteiger partial charge in [-0.2, -0.15) is 0 Å². The maximum atomic E-state index is 11.6. The van der Waals surface area contributed by atoms with E-state index in [2.05, 4.69) is 48.1 Å². The lowest BCUT2D eigenvalue weighted by molar-refractivity contribution is -0.128. The van der Waals surface area contributed by atoms with E-state index < -0.39 is 5.97 Å². The van der Waals surface area contributed by atoms with Crippen molar-refractivity contribution in [2.75, 3.05) is 0 Å². The van der Waals surface area contributed by atoms with E-state index >= 15 is 0 Å². The Bertz CT molecular complexity index is 558. The molecule has 0 atom stereocenters. The zero-order valence-corrected chi connectivity index (χ0v) is 16.0. The predicted octanol–water partition coefficient (Wildman–Crippen LogP) is 5.64. The zero-order chi connectivity index (χ0) is 18.5. The maximum absolute atomic E-state index is 11.6. The minimum atomic E-state index is -0.487. The second kappa shape index (κ2) is 7.87. The molecule has 24 heavy (non-hydrogen) atoms. The van der Waals surface area contributed by atoms with Gasteiger partial charge >= 0.3 is 5.97 Å². The minimum absolute atomic E-state index is 0.202. The van der Waals surface area contributed by atoms with E-state index in [4.69, 9.17) is 4.74 Å². The van der Waals surface area contributed by atoms with Crippen LogP contribution < -0.4 is 4.74 Å². The fraction of sp³-hybridized carbons (Fsp3) is 0.571. The molecule has 0 aliphatic rings. The SMILES string of the molecule is C=CC(=O)Oc1cc(C(C)(C)CCC)c(O)c(C(C)(C)CCC)c1. The van der Waals surface area contributed by atoms with E-state index in [-0.39, 0.29) is 10.8 Å². The molecule has 0 heterocycles. The molecule has 134 valence electrons. The van der Waals surface area contributed by atoms with Crippen molar-refractivity contribution in [1.29, 1.82) is 0 Å². The smallest absolute Gasteiger partial charge is 0.335 e. The van der Waals surface area contributed by atoms with E-state index in [1.165, 1.54) is 0 Å². The summed E-state index contributed by atoms with van der Waals surface area (Å²) in [6.07, 6.45) is 5.05. The average Bonchev–Trinajstić information content (AvgIpc) is 2.48. The number of esters is 1. The van der Waals surface area contributed by atoms with Crippen LogP contribution in [0.2, 0.25) is 0 Å². The van der Waals surface area contributed by atoms with Gasteiger partial charge in [-0.1, -0.05) is 61.0 Å². The van der Waals surface area contributed by atoms with E-state index in [1.807, 2.05) is 0 Å². The van der Waals surface area contributed by atoms with Crippen molar-refractivity contribution in [3.05, 3.63) is 35.9 Å². The van der Waals surface area contributed by atoms with E-state index in [0.717, 1.165) is 42.9 Å². The third kappa shape index (κ3) is 4.62. The van der Waals surface area contributed by atoms with Gasteiger partial charge in [0.25, 0.3) is 0 Å². The quantitative estimate of drug-likeness (QED) is 0.381. The van der Waals surface area contributed by atoms with Gasteiger partial charge in [-0.3, -0.25) is 0 Å². The highest BCUT2D eigenvalue weighted by molar-refractivity contribution is 5.83. The predicted molar refractivity (Wildman–Crippen MR) is 99.8 cm³/mol. The van der Waals surface area contributed by atoms with Crippen molar-refractivity contribution in [3.8, 4) is 11.5 Å². The number of phenolic OH excluding ortho intramolecular Hbond substituents is 1. The number of carbonyl (C=O) groups excluding carboxylic acids is 1. The molecule has 1 aromatic rings. The van der Waals surface area contributed by atoms with Gasteiger partial charge in [0.15, 0.2) is 0 Å². The van der Waals surface area contributed by atoms with Crippen LogP contribution in [0.1, 0.15) is 78.4 Å². The number of ether oxygens (including phenoxy) is 1. The first-order valence-corrected chi connectivity index (χ1v) is 8.81. The monoisotopic (exact) mass is 332 g/mol. The van der Waals surface area contributed by atoms with Crippen molar-refractivity contribution >= 4 is 5.97 Å². The summed E-state index contributed by atoms with van der Waals surface area (Å²) in [6.45, 7) is 16.2. The van der Waals surface area contributed by atoms with Crippen LogP contribution in [0, 0.1) is 0 Å². The maximum Gasteiger partial charge on any atom is 0.335 e. The van der Waals surface area contributed by atoms with E-state index in [9.17, 15) is 9.90 Å². The Morgan fingerprint density at radius 2 is 1.50 bits per heavy atom. The van der Waals surface area contributed by atoms with Gasteiger partial charge < -0.3 is 9.84 Å². The van der Waals surface area contributed by atoms with Crippen LogP contribution in [0.15, 0.2) is 24.8 Å². The van der Waals surface area contributed by atoms with E-state index in [1.54, 1.807) is 12.1 Å². The fourth-order valence-corrected chi connectivity index (χ4v) is 3.38. The number of rotatable bonds is 8. The van der Waals surface area contributed by atoms with Crippen molar-refractivity contribution in [1.82, 2.24) is 0 Å². The van der Waals surface area contributed by atoms with Crippen LogP contribution in [0.5, 0.6) is 11.5 Å². The van der Waals surface area contributed by atoms with Gasteiger partial charge in [-0.05, 0) is 35.8 Å². The Morgan fingerprint density at radius 1 is 1.08 bits per heavy atom. The second-order valence-electron chi connectivity index (χ2n) is 7.76. The minimum Gasteiger partial charge on any atom is -0.507 e. The number of carbonyl (C=O) groups is 1. The van der Waals surface area contributed by atoms with Gasteiger partial charge in [0, 0.05) is 17.2 Å². The first kappa shape index (κ1) is 20.3. The van der Waals surface area contributed by atoms with Gasteiger partial charge in [-0.25, -0.2) is 4.79 Å². The Kier molecular flexibility index (Phi) is 6.65. The molecule has 0 fully saturated rings. The number of hydrogen-bond acceptors (Lipinski definition) is 3. The molecule has 1 N–H and O–H groups in total. The van der Waals surface area contributed by atoms with Crippen LogP contribution >= 0.6 is 0 Å². The van der Waals surface area contributed by atoms with Crippen molar-refractivity contribution in [2.45, 2.75) is 78.1 Å². The molecule has 3 heteroatoms. The highest BCUT2D eigenvalue weighted by Gasteiger charge is 2.31. The highest BCUT2D eigenvalue weighted by Crippen LogP contribution is 2.44. The summed E-state index contributed by atoms with van der Waals surface area (Å²) in [5.41, 5.74) is 1.26. The fourth-order valence-electron chi connectivity index (χ4n) is 3.38. The lowest BCUT2D eigenvalue weighted by Gasteiger charge is -2.32. The first-order valence-electron chi connectivity index (χ1n) is 8.81. The molecular formula is C21H32O3. The molecule has 0 bridgehead atoms. The van der Waals surface area contributed by atoms with Gasteiger partial charge in [0.1, 0.15) is 11.5 Å². The summed E-state index contributed by atoms with van der Waals surface area (Å²) >= 11 is 0. The van der Waals surface area contributed by atoms with Crippen LogP contribution in [0.3, 0.4) is 0 Å². The molecule has 0 aliphatic carbocycles. The zero-order valence-electron chi connectivity index (χ0n) is 16.0. The number of aromatic hydroxyl groups is 1. The van der Waals surface area contributed by atoms with Crippen LogP contribution in [0.4, 0.5) is 0 Å². The Morgan fingerprint density at radius 3 is 1.83 bits per heavy atom. The average molecular weight is 332 g/mol. The molecule has 0 radical (unpaired) electrons. The number of phenols is 1. The van der Waals surface area contributed by atoms with Crippen molar-refractivity contribution < 1.29 is 14.6 Å². The third-order valence-electron chi connectivity index (χ3n) is 4.68. The van der Waals surface area contributed by atoms with Crippen molar-refractivity contribution in [3.63, 3.8) is 0 Å². The molecular weight excluding hydrogens is 300 g/mol. The Hall–Kier alpha value is -1.77. The van der Waals surface area contributed by atoms with Crippen LogP contribution in [-0.4, -0.2) is 11.1 Å². The number of benzene rings is 1. The van der Waals surface area contributed by atoms with Gasteiger partial charge in [-0.15, -0.1) is 0 Å². The summed E-state index contributed by atoms with van der Waals surface area (Å²) in [5, 5.41) is 11.0. The highest BCUT2D eigenvalue weighted by atomic mass is 16.5. The van der Waals surface area contributed by atoms with Gasteiger partial charge in [0.2, 0.25) is 0 Å². The summed E-state index contributed by atoms with van der Waals surface area (Å²) in [5.74, 6) is 0.306. The summed E-state index contributed by atoms with van der Waals surface area (Å²) in [4.78, 5) is 11.6. The molecule has 1 rings (SSSR count). The summed E-state index contributed by atoms with van der Waals surface area (Å²) in [6, 6.07) is 3.58. The molecule has 0 saturated heterocycles. The van der Waals surface area contributed by atoms with Gasteiger partial charge in [0.05, 0.1) is 0 Å². The Balaban J connectivity index is 3.55.